The highest BCUT2D eigenvalue weighted by Crippen LogP contribution is 2.34. The number of alkyl halides is 3. The molecule has 0 aromatic heterocycles. The van der Waals surface area contributed by atoms with E-state index in [0.717, 1.165) is 5.75 Å². The average Bonchev–Trinajstić information content (AvgIpc) is 3.26. The summed E-state index contributed by atoms with van der Waals surface area (Å²) >= 11 is 0. The summed E-state index contributed by atoms with van der Waals surface area (Å²) in [6.07, 6.45) is 2.76. The zero-order valence-corrected chi connectivity index (χ0v) is 18.1. The van der Waals surface area contributed by atoms with Gasteiger partial charge in [-0.25, -0.2) is 8.42 Å². The van der Waals surface area contributed by atoms with Crippen LogP contribution in [0.15, 0.2) is 71.6 Å². The fourth-order valence-corrected chi connectivity index (χ4v) is 5.75. The van der Waals surface area contributed by atoms with Crippen molar-refractivity contribution >= 4 is 31.8 Å². The molecule has 3 aromatic rings. The highest BCUT2D eigenvalue weighted by atomic mass is 32.2. The molecule has 0 atom stereocenters. The van der Waals surface area contributed by atoms with Crippen LogP contribution in [0.25, 0.3) is 10.8 Å². The quantitative estimate of drug-likeness (QED) is 0.297. The molecule has 0 radical (unpaired) electrons. The Bertz CT molecular complexity index is 1110. The average molecular weight is 471 g/mol. The molecule has 0 unspecified atom stereocenters. The van der Waals surface area contributed by atoms with Gasteiger partial charge in [-0.2, -0.15) is 13.2 Å². The first-order valence-corrected chi connectivity index (χ1v) is 12.5. The van der Waals surface area contributed by atoms with Crippen LogP contribution < -0.4 is 4.74 Å². The van der Waals surface area contributed by atoms with Gasteiger partial charge in [-0.05, 0) is 36.6 Å². The number of ether oxygens (including phenoxy) is 1. The van der Waals surface area contributed by atoms with E-state index in [0.29, 0.717) is 17.5 Å². The number of fused-ring (bicyclic) bond motifs is 1. The highest BCUT2D eigenvalue weighted by Gasteiger charge is 2.37. The Balaban J connectivity index is 0.000000293. The van der Waals surface area contributed by atoms with Crippen molar-refractivity contribution in [1.82, 2.24) is 0 Å². The molecule has 0 bridgehead atoms. The lowest BCUT2D eigenvalue weighted by Crippen LogP contribution is -2.21. The van der Waals surface area contributed by atoms with Crippen LogP contribution in [-0.4, -0.2) is 30.0 Å². The van der Waals surface area contributed by atoms with E-state index in [2.05, 4.69) is 60.7 Å². The van der Waals surface area contributed by atoms with Gasteiger partial charge in [-0.15, -0.1) is 0 Å². The van der Waals surface area contributed by atoms with Crippen LogP contribution >= 0.6 is 0 Å². The van der Waals surface area contributed by atoms with Crippen molar-refractivity contribution in [2.45, 2.75) is 29.9 Å². The van der Waals surface area contributed by atoms with Gasteiger partial charge in [0.15, 0.2) is 15.0 Å². The van der Waals surface area contributed by atoms with E-state index in [1.165, 1.54) is 45.6 Å². The molecular weight excluding hydrogens is 449 g/mol. The van der Waals surface area contributed by atoms with E-state index in [-0.39, 0.29) is 0 Å². The first-order chi connectivity index (χ1) is 14.7. The van der Waals surface area contributed by atoms with E-state index in [1.54, 1.807) is 0 Å². The van der Waals surface area contributed by atoms with Crippen LogP contribution in [0.4, 0.5) is 13.2 Å². The molecule has 1 aliphatic heterocycles. The van der Waals surface area contributed by atoms with Gasteiger partial charge in [0.2, 0.25) is 0 Å². The molecule has 0 saturated carbocycles. The van der Waals surface area contributed by atoms with Gasteiger partial charge in [-0.1, -0.05) is 48.5 Å². The minimum absolute atomic E-state index is 0.431. The van der Waals surface area contributed by atoms with Crippen molar-refractivity contribution in [3.63, 3.8) is 0 Å². The van der Waals surface area contributed by atoms with Crippen molar-refractivity contribution in [2.24, 2.45) is 0 Å². The van der Waals surface area contributed by atoms with Gasteiger partial charge < -0.3 is 9.29 Å². The fraction of sp³-hybridized carbons (Fsp3) is 0.273. The molecule has 1 saturated heterocycles. The van der Waals surface area contributed by atoms with Crippen molar-refractivity contribution in [2.75, 3.05) is 11.5 Å². The molecule has 166 valence electrons. The predicted octanol–water partition coefficient (Wildman–Crippen LogP) is 5.24. The Labute approximate surface area is 182 Å². The van der Waals surface area contributed by atoms with E-state index >= 15 is 0 Å². The Kier molecular flexibility index (Phi) is 7.51. The van der Waals surface area contributed by atoms with Gasteiger partial charge in [0.25, 0.3) is 0 Å². The molecular formula is C22H21F3O4S2. The lowest BCUT2D eigenvalue weighted by Gasteiger charge is -2.11. The minimum Gasteiger partial charge on any atom is -0.741 e. The third kappa shape index (κ3) is 6.15. The van der Waals surface area contributed by atoms with Crippen molar-refractivity contribution in [1.29, 1.82) is 0 Å². The number of hydrogen-bond acceptors (Lipinski definition) is 4. The maximum absolute atomic E-state index is 10.7. The van der Waals surface area contributed by atoms with E-state index < -0.39 is 15.6 Å². The third-order valence-electron chi connectivity index (χ3n) is 4.71. The Morgan fingerprint density at radius 3 is 2.06 bits per heavy atom. The monoisotopic (exact) mass is 470 g/mol. The highest BCUT2D eigenvalue weighted by molar-refractivity contribution is 7.97. The largest absolute Gasteiger partial charge is 0.741 e. The summed E-state index contributed by atoms with van der Waals surface area (Å²) in [6, 6.07) is 23.5. The number of halogens is 3. The summed E-state index contributed by atoms with van der Waals surface area (Å²) in [7, 11) is -5.66. The number of hydrogen-bond donors (Lipinski definition) is 0. The molecule has 9 heteroatoms. The Morgan fingerprint density at radius 2 is 1.45 bits per heavy atom. The van der Waals surface area contributed by atoms with Gasteiger partial charge in [-0.3, -0.25) is 0 Å². The molecule has 1 aliphatic rings. The standard InChI is InChI=1S/C21H21OS.CHF3O3S/c1-2-8-17(9-3-1)16-22-20-12-6-11-19-18(20)10-7-13-21(19)23-14-4-5-15-23;2-1(3,4)8(5,6)7/h1-3,6-13H,4-5,14-16H2;(H,5,6,7)/q+1;/p-1. The van der Waals surface area contributed by atoms with Crippen LogP contribution in [0, 0.1) is 0 Å². The maximum atomic E-state index is 10.7. The van der Waals surface area contributed by atoms with Gasteiger partial charge in [0, 0.05) is 21.7 Å². The smallest absolute Gasteiger partial charge is 0.485 e. The lowest BCUT2D eigenvalue weighted by molar-refractivity contribution is -0.0517. The minimum atomic E-state index is -6.09. The summed E-state index contributed by atoms with van der Waals surface area (Å²) in [4.78, 5) is 1.53. The van der Waals surface area contributed by atoms with E-state index in [9.17, 15) is 13.2 Å². The normalized spacial score (nSPS) is 14.8. The molecule has 4 rings (SSSR count). The SMILES string of the molecule is O=S(=O)([O-])C(F)(F)F.c1ccc(COc2cccc3c([S+]4CCCC4)cccc23)cc1. The summed E-state index contributed by atoms with van der Waals surface area (Å²) in [6.45, 7) is 0.621. The van der Waals surface area contributed by atoms with Gasteiger partial charge >= 0.3 is 5.51 Å². The van der Waals surface area contributed by atoms with Crippen LogP contribution in [0.5, 0.6) is 5.75 Å². The topological polar surface area (TPSA) is 66.4 Å². The third-order valence-corrected chi connectivity index (χ3v) is 7.81. The van der Waals surface area contributed by atoms with Crippen molar-refractivity contribution in [3.05, 3.63) is 72.3 Å². The van der Waals surface area contributed by atoms with E-state index in [1.807, 2.05) is 6.07 Å². The summed E-state index contributed by atoms with van der Waals surface area (Å²) in [5, 5.41) is 2.63. The molecule has 31 heavy (non-hydrogen) atoms. The zero-order valence-electron chi connectivity index (χ0n) is 16.5. The molecule has 3 aromatic carbocycles. The number of benzene rings is 3. The van der Waals surface area contributed by atoms with Gasteiger partial charge in [0.1, 0.15) is 23.9 Å². The summed E-state index contributed by atoms with van der Waals surface area (Å²) < 4.78 is 65.0. The van der Waals surface area contributed by atoms with Crippen molar-refractivity contribution in [3.8, 4) is 5.75 Å². The first kappa shape index (κ1) is 23.4. The maximum Gasteiger partial charge on any atom is 0.485 e. The van der Waals surface area contributed by atoms with Crippen LogP contribution in [0.1, 0.15) is 18.4 Å². The predicted molar refractivity (Wildman–Crippen MR) is 115 cm³/mol. The number of rotatable bonds is 4. The zero-order chi connectivity index (χ0) is 22.5. The molecule has 0 amide bonds. The Hall–Kier alpha value is -2.23. The fourth-order valence-electron chi connectivity index (χ4n) is 3.24. The van der Waals surface area contributed by atoms with Crippen LogP contribution in [0.2, 0.25) is 0 Å². The van der Waals surface area contributed by atoms with Crippen molar-refractivity contribution < 1.29 is 30.9 Å². The first-order valence-electron chi connectivity index (χ1n) is 9.55. The summed E-state index contributed by atoms with van der Waals surface area (Å²) in [5.41, 5.74) is -4.44. The molecule has 0 spiro atoms. The molecule has 1 fully saturated rings. The van der Waals surface area contributed by atoms with Crippen LogP contribution in [-0.2, 0) is 27.6 Å². The molecule has 1 heterocycles. The van der Waals surface area contributed by atoms with Gasteiger partial charge in [0.05, 0.1) is 0 Å². The molecule has 0 N–H and O–H groups in total. The second-order valence-corrected chi connectivity index (χ2v) is 10.5. The molecule has 0 aliphatic carbocycles. The second kappa shape index (κ2) is 9.93. The van der Waals surface area contributed by atoms with E-state index in [4.69, 9.17) is 17.7 Å². The van der Waals surface area contributed by atoms with Crippen LogP contribution in [0.3, 0.4) is 0 Å². The Morgan fingerprint density at radius 1 is 0.871 bits per heavy atom. The second-order valence-electron chi connectivity index (χ2n) is 6.89. The molecule has 4 nitrogen and oxygen atoms in total. The summed E-state index contributed by atoms with van der Waals surface area (Å²) in [5.74, 6) is 3.71. The lowest BCUT2D eigenvalue weighted by atomic mass is 10.1.